The molecule has 0 aromatic carbocycles. The number of hydrogen-bond donors (Lipinski definition) is 1. The Balaban J connectivity index is 1.79. The van der Waals surface area contributed by atoms with Gasteiger partial charge in [-0.2, -0.15) is 0 Å². The van der Waals surface area contributed by atoms with Crippen molar-refractivity contribution in [2.45, 2.75) is 19.4 Å². The highest BCUT2D eigenvalue weighted by Gasteiger charge is 2.28. The van der Waals surface area contributed by atoms with Crippen molar-refractivity contribution in [3.63, 3.8) is 0 Å². The molecule has 2 aliphatic rings. The Morgan fingerprint density at radius 1 is 1.39 bits per heavy atom. The molecule has 0 saturated carbocycles. The van der Waals surface area contributed by atoms with Crippen LogP contribution >= 0.6 is 0 Å². The second kappa shape index (κ2) is 6.31. The molecule has 2 rings (SSSR count). The highest BCUT2D eigenvalue weighted by molar-refractivity contribution is 5.80. The van der Waals surface area contributed by atoms with Gasteiger partial charge in [0, 0.05) is 44.8 Å². The van der Waals surface area contributed by atoms with Crippen LogP contribution in [0.4, 0.5) is 0 Å². The molecular weight excluding hydrogens is 232 g/mol. The van der Waals surface area contributed by atoms with Gasteiger partial charge >= 0.3 is 5.97 Å². The van der Waals surface area contributed by atoms with E-state index in [1.165, 1.54) is 12.5 Å². The minimum atomic E-state index is -0.851. The molecule has 0 bridgehead atoms. The summed E-state index contributed by atoms with van der Waals surface area (Å²) in [5.74, 6) is -0.851. The van der Waals surface area contributed by atoms with E-state index in [0.29, 0.717) is 6.04 Å². The zero-order chi connectivity index (χ0) is 13.0. The van der Waals surface area contributed by atoms with E-state index in [0.717, 1.165) is 51.5 Å². The number of morpholine rings is 1. The standard InChI is InChI=1S/C13H22N2O3/c1-11(8-13(16)17)9-14-3-2-12(10-14)15-4-6-18-7-5-15/h8,12H,2-7,9-10H2,1H3,(H,16,17). The molecule has 2 saturated heterocycles. The van der Waals surface area contributed by atoms with Gasteiger partial charge < -0.3 is 9.84 Å². The third-order valence-electron chi connectivity index (χ3n) is 3.65. The maximum atomic E-state index is 10.6. The molecule has 1 atom stereocenters. The van der Waals surface area contributed by atoms with E-state index in [1.54, 1.807) is 0 Å². The molecule has 0 amide bonds. The maximum absolute atomic E-state index is 10.6. The number of rotatable bonds is 4. The summed E-state index contributed by atoms with van der Waals surface area (Å²) in [4.78, 5) is 15.4. The predicted octanol–water partition coefficient (Wildman–Crippen LogP) is 0.424. The zero-order valence-electron chi connectivity index (χ0n) is 11.0. The highest BCUT2D eigenvalue weighted by Crippen LogP contribution is 2.17. The van der Waals surface area contributed by atoms with Crippen molar-refractivity contribution in [3.05, 3.63) is 11.6 Å². The number of aliphatic carboxylic acids is 1. The largest absolute Gasteiger partial charge is 0.478 e. The minimum Gasteiger partial charge on any atom is -0.478 e. The number of carboxylic acid groups (broad SMARTS) is 1. The van der Waals surface area contributed by atoms with Crippen molar-refractivity contribution in [1.82, 2.24) is 9.80 Å². The summed E-state index contributed by atoms with van der Waals surface area (Å²) in [7, 11) is 0. The van der Waals surface area contributed by atoms with Crippen LogP contribution in [0, 0.1) is 0 Å². The van der Waals surface area contributed by atoms with E-state index >= 15 is 0 Å². The summed E-state index contributed by atoms with van der Waals surface area (Å²) in [6.45, 7) is 8.51. The molecule has 102 valence electrons. The topological polar surface area (TPSA) is 53.0 Å². The van der Waals surface area contributed by atoms with Gasteiger partial charge in [0.15, 0.2) is 0 Å². The van der Waals surface area contributed by atoms with Gasteiger partial charge in [-0.05, 0) is 13.3 Å². The number of nitrogens with zero attached hydrogens (tertiary/aromatic N) is 2. The van der Waals surface area contributed by atoms with E-state index in [9.17, 15) is 4.79 Å². The van der Waals surface area contributed by atoms with E-state index in [1.807, 2.05) is 6.92 Å². The van der Waals surface area contributed by atoms with Crippen molar-refractivity contribution in [1.29, 1.82) is 0 Å². The van der Waals surface area contributed by atoms with Crippen LogP contribution in [0.3, 0.4) is 0 Å². The van der Waals surface area contributed by atoms with E-state index in [-0.39, 0.29) is 0 Å². The molecule has 0 spiro atoms. The van der Waals surface area contributed by atoms with Crippen LogP contribution in [0.15, 0.2) is 11.6 Å². The second-order valence-electron chi connectivity index (χ2n) is 5.15. The fraction of sp³-hybridized carbons (Fsp3) is 0.769. The van der Waals surface area contributed by atoms with Crippen molar-refractivity contribution >= 4 is 5.97 Å². The first-order chi connectivity index (χ1) is 8.65. The Morgan fingerprint density at radius 2 is 2.11 bits per heavy atom. The van der Waals surface area contributed by atoms with Crippen LogP contribution in [0.1, 0.15) is 13.3 Å². The molecule has 2 heterocycles. The van der Waals surface area contributed by atoms with Crippen molar-refractivity contribution < 1.29 is 14.6 Å². The Kier molecular flexibility index (Phi) is 4.74. The smallest absolute Gasteiger partial charge is 0.328 e. The summed E-state index contributed by atoms with van der Waals surface area (Å²) >= 11 is 0. The van der Waals surface area contributed by atoms with Crippen molar-refractivity contribution in [2.75, 3.05) is 45.9 Å². The SMILES string of the molecule is CC(=CC(=O)O)CN1CCC(N2CCOCC2)C1. The molecule has 0 radical (unpaired) electrons. The average Bonchev–Trinajstić information content (AvgIpc) is 2.77. The van der Waals surface area contributed by atoms with Gasteiger partial charge in [-0.1, -0.05) is 5.57 Å². The van der Waals surface area contributed by atoms with E-state index in [4.69, 9.17) is 9.84 Å². The van der Waals surface area contributed by atoms with Crippen LogP contribution in [0.2, 0.25) is 0 Å². The molecule has 1 N–H and O–H groups in total. The molecule has 1 unspecified atom stereocenters. The quantitative estimate of drug-likeness (QED) is 0.737. The Morgan fingerprint density at radius 3 is 2.78 bits per heavy atom. The Hall–Kier alpha value is -0.910. The van der Waals surface area contributed by atoms with Crippen molar-refractivity contribution in [3.8, 4) is 0 Å². The molecule has 2 aliphatic heterocycles. The number of carboxylic acids is 1. The summed E-state index contributed by atoms with van der Waals surface area (Å²) in [5.41, 5.74) is 0.921. The summed E-state index contributed by atoms with van der Waals surface area (Å²) < 4.78 is 5.36. The number of ether oxygens (including phenoxy) is 1. The zero-order valence-corrected chi connectivity index (χ0v) is 11.0. The predicted molar refractivity (Wildman–Crippen MR) is 68.6 cm³/mol. The lowest BCUT2D eigenvalue weighted by Gasteiger charge is -2.32. The lowest BCUT2D eigenvalue weighted by atomic mass is 10.2. The molecule has 18 heavy (non-hydrogen) atoms. The molecule has 2 fully saturated rings. The molecule has 0 aromatic rings. The van der Waals surface area contributed by atoms with E-state index < -0.39 is 5.97 Å². The molecule has 0 aliphatic carbocycles. The average molecular weight is 254 g/mol. The van der Waals surface area contributed by atoms with Crippen molar-refractivity contribution in [2.24, 2.45) is 0 Å². The number of likely N-dealkylation sites (tertiary alicyclic amines) is 1. The summed E-state index contributed by atoms with van der Waals surface area (Å²) in [6, 6.07) is 0.617. The fourth-order valence-electron chi connectivity index (χ4n) is 2.81. The van der Waals surface area contributed by atoms with Gasteiger partial charge in [-0.15, -0.1) is 0 Å². The summed E-state index contributed by atoms with van der Waals surface area (Å²) in [6.07, 6.45) is 2.49. The number of hydrogen-bond acceptors (Lipinski definition) is 4. The van der Waals surface area contributed by atoms with Gasteiger partial charge in [0.1, 0.15) is 0 Å². The van der Waals surface area contributed by atoms with Gasteiger partial charge in [0.05, 0.1) is 13.2 Å². The van der Waals surface area contributed by atoms with Crippen LogP contribution in [-0.4, -0.2) is 72.9 Å². The Labute approximate surface area is 108 Å². The number of carbonyl (C=O) groups is 1. The molecule has 0 aromatic heterocycles. The van der Waals surface area contributed by atoms with Gasteiger partial charge in [0.25, 0.3) is 0 Å². The maximum Gasteiger partial charge on any atom is 0.328 e. The van der Waals surface area contributed by atoms with Crippen LogP contribution < -0.4 is 0 Å². The van der Waals surface area contributed by atoms with Crippen LogP contribution in [-0.2, 0) is 9.53 Å². The first-order valence-electron chi connectivity index (χ1n) is 6.59. The third kappa shape index (κ3) is 3.80. The molecular formula is C13H22N2O3. The highest BCUT2D eigenvalue weighted by atomic mass is 16.5. The third-order valence-corrected chi connectivity index (χ3v) is 3.65. The lowest BCUT2D eigenvalue weighted by molar-refractivity contribution is -0.131. The van der Waals surface area contributed by atoms with Gasteiger partial charge in [-0.3, -0.25) is 9.80 Å². The first kappa shape index (κ1) is 13.5. The normalized spacial score (nSPS) is 27.6. The molecule has 5 nitrogen and oxygen atoms in total. The first-order valence-corrected chi connectivity index (χ1v) is 6.59. The molecule has 5 heteroatoms. The van der Waals surface area contributed by atoms with Gasteiger partial charge in [-0.25, -0.2) is 4.79 Å². The Bertz CT molecular complexity index is 324. The summed E-state index contributed by atoms with van der Waals surface area (Å²) in [5, 5.41) is 8.70. The second-order valence-corrected chi connectivity index (χ2v) is 5.15. The monoisotopic (exact) mass is 254 g/mol. The van der Waals surface area contributed by atoms with Gasteiger partial charge in [0.2, 0.25) is 0 Å². The fourth-order valence-corrected chi connectivity index (χ4v) is 2.81. The van der Waals surface area contributed by atoms with Crippen LogP contribution in [0.5, 0.6) is 0 Å². The van der Waals surface area contributed by atoms with E-state index in [2.05, 4.69) is 9.80 Å². The lowest BCUT2D eigenvalue weighted by Crippen LogP contribution is -2.44. The van der Waals surface area contributed by atoms with Crippen LogP contribution in [0.25, 0.3) is 0 Å². The minimum absolute atomic E-state index is 0.617.